The lowest BCUT2D eigenvalue weighted by Gasteiger charge is -2.09. The van der Waals surface area contributed by atoms with Crippen molar-refractivity contribution in [1.29, 1.82) is 0 Å². The maximum Gasteiger partial charge on any atom is 0.0145 e. The van der Waals surface area contributed by atoms with E-state index in [0.29, 0.717) is 0 Å². The van der Waals surface area contributed by atoms with Crippen LogP contribution in [0.4, 0.5) is 0 Å². The van der Waals surface area contributed by atoms with E-state index in [-0.39, 0.29) is 7.43 Å². The summed E-state index contributed by atoms with van der Waals surface area (Å²) in [6, 6.07) is 0. The minimum absolute atomic E-state index is 0. The first-order chi connectivity index (χ1) is 7.81. The molecule has 106 valence electrons. The number of hydrogen-bond acceptors (Lipinski definition) is 0. The van der Waals surface area contributed by atoms with Crippen molar-refractivity contribution in [2.24, 2.45) is 0 Å². The highest BCUT2D eigenvalue weighted by Crippen LogP contribution is 2.18. The Morgan fingerprint density at radius 1 is 0.647 bits per heavy atom. The molecule has 1 heteroatoms. The molecule has 0 radical (unpaired) electrons. The van der Waals surface area contributed by atoms with E-state index >= 15 is 0 Å². The third kappa shape index (κ3) is 16.5. The smallest absolute Gasteiger partial charge is 0.0145 e. The van der Waals surface area contributed by atoms with Crippen molar-refractivity contribution in [3.63, 3.8) is 0 Å². The number of hydrogen-bond donors (Lipinski definition) is 0. The lowest BCUT2D eigenvalue weighted by Crippen LogP contribution is -1.97. The van der Waals surface area contributed by atoms with Crippen LogP contribution in [0.1, 0.15) is 98.3 Å². The van der Waals surface area contributed by atoms with Gasteiger partial charge in [0, 0.05) is 4.83 Å². The molecule has 17 heavy (non-hydrogen) atoms. The minimum Gasteiger partial charge on any atom is -0.0891 e. The van der Waals surface area contributed by atoms with E-state index in [0.717, 1.165) is 4.83 Å². The standard InChI is InChI=1S/C15H31Br.CH4/c1-3-5-7-9-10-12-14-15(16)13-11-8-6-4-2;/h15H,3-14H2,1-2H3;1H4. The summed E-state index contributed by atoms with van der Waals surface area (Å²) in [6.07, 6.45) is 16.9. The van der Waals surface area contributed by atoms with E-state index in [1.807, 2.05) is 0 Å². The molecule has 0 N–H and O–H groups in total. The average Bonchev–Trinajstić information content (AvgIpc) is 2.29. The van der Waals surface area contributed by atoms with Gasteiger partial charge in [0.05, 0.1) is 0 Å². The van der Waals surface area contributed by atoms with E-state index in [2.05, 4.69) is 29.8 Å². The molecule has 0 aromatic rings. The summed E-state index contributed by atoms with van der Waals surface area (Å²) >= 11 is 3.81. The van der Waals surface area contributed by atoms with Gasteiger partial charge in [-0.3, -0.25) is 0 Å². The predicted octanol–water partition coefficient (Wildman–Crippen LogP) is 7.11. The second-order valence-electron chi connectivity index (χ2n) is 5.00. The van der Waals surface area contributed by atoms with Crippen molar-refractivity contribution in [1.82, 2.24) is 0 Å². The lowest BCUT2D eigenvalue weighted by molar-refractivity contribution is 0.554. The van der Waals surface area contributed by atoms with Gasteiger partial charge in [-0.2, -0.15) is 0 Å². The zero-order chi connectivity index (χ0) is 12.1. The van der Waals surface area contributed by atoms with Crippen molar-refractivity contribution in [2.75, 3.05) is 0 Å². The van der Waals surface area contributed by atoms with E-state index in [1.165, 1.54) is 77.0 Å². The molecule has 0 aliphatic carbocycles. The molecule has 0 aromatic heterocycles. The summed E-state index contributed by atoms with van der Waals surface area (Å²) in [5, 5.41) is 0. The Morgan fingerprint density at radius 2 is 1.00 bits per heavy atom. The molecule has 0 fully saturated rings. The molecule has 0 heterocycles. The Balaban J connectivity index is 0. The van der Waals surface area contributed by atoms with Crippen LogP contribution < -0.4 is 0 Å². The summed E-state index contributed by atoms with van der Waals surface area (Å²) in [5.74, 6) is 0. The highest BCUT2D eigenvalue weighted by Gasteiger charge is 2.03. The Hall–Kier alpha value is 0.480. The zero-order valence-corrected chi connectivity index (χ0v) is 13.0. The SMILES string of the molecule is C.CCCCCCCCC(Br)CCCCCC. The average molecular weight is 307 g/mol. The molecule has 1 unspecified atom stereocenters. The van der Waals surface area contributed by atoms with E-state index < -0.39 is 0 Å². The molecule has 0 saturated carbocycles. The fraction of sp³-hybridized carbons (Fsp3) is 1.00. The second kappa shape index (κ2) is 16.5. The topological polar surface area (TPSA) is 0 Å². The van der Waals surface area contributed by atoms with Gasteiger partial charge < -0.3 is 0 Å². The van der Waals surface area contributed by atoms with E-state index in [1.54, 1.807) is 0 Å². The van der Waals surface area contributed by atoms with Gasteiger partial charge in [-0.15, -0.1) is 0 Å². The fourth-order valence-corrected chi connectivity index (χ4v) is 2.73. The maximum atomic E-state index is 3.81. The molecular formula is C16H35Br. The van der Waals surface area contributed by atoms with E-state index in [9.17, 15) is 0 Å². The third-order valence-electron chi connectivity index (χ3n) is 3.24. The largest absolute Gasteiger partial charge is 0.0891 e. The molecular weight excluding hydrogens is 272 g/mol. The first-order valence-corrected chi connectivity index (χ1v) is 8.36. The summed E-state index contributed by atoms with van der Waals surface area (Å²) in [4.78, 5) is 0.788. The van der Waals surface area contributed by atoms with Crippen LogP contribution >= 0.6 is 15.9 Å². The highest BCUT2D eigenvalue weighted by molar-refractivity contribution is 9.09. The number of alkyl halides is 1. The third-order valence-corrected chi connectivity index (χ3v) is 4.16. The number of halogens is 1. The summed E-state index contributed by atoms with van der Waals surface area (Å²) in [5.41, 5.74) is 0. The van der Waals surface area contributed by atoms with Gasteiger partial charge in [0.15, 0.2) is 0 Å². The first-order valence-electron chi connectivity index (χ1n) is 7.45. The van der Waals surface area contributed by atoms with Crippen molar-refractivity contribution in [2.45, 2.75) is 103 Å². The fourth-order valence-electron chi connectivity index (χ4n) is 2.08. The van der Waals surface area contributed by atoms with Crippen LogP contribution in [-0.4, -0.2) is 4.83 Å². The Labute approximate surface area is 119 Å². The molecule has 0 rings (SSSR count). The van der Waals surface area contributed by atoms with Gasteiger partial charge in [0.2, 0.25) is 0 Å². The van der Waals surface area contributed by atoms with Crippen molar-refractivity contribution in [3.8, 4) is 0 Å². The van der Waals surface area contributed by atoms with Crippen LogP contribution in [0.15, 0.2) is 0 Å². The van der Waals surface area contributed by atoms with Gasteiger partial charge in [0.25, 0.3) is 0 Å². The van der Waals surface area contributed by atoms with E-state index in [4.69, 9.17) is 0 Å². The maximum absolute atomic E-state index is 3.81. The predicted molar refractivity (Wildman–Crippen MR) is 86.2 cm³/mol. The molecule has 1 atom stereocenters. The van der Waals surface area contributed by atoms with Crippen molar-refractivity contribution in [3.05, 3.63) is 0 Å². The van der Waals surface area contributed by atoms with Crippen LogP contribution in [0.25, 0.3) is 0 Å². The Bertz CT molecular complexity index is 123. The van der Waals surface area contributed by atoms with Crippen molar-refractivity contribution >= 4 is 15.9 Å². The number of rotatable bonds is 12. The molecule has 0 saturated heterocycles. The quantitative estimate of drug-likeness (QED) is 0.266. The normalized spacial score (nSPS) is 12.2. The van der Waals surface area contributed by atoms with Crippen molar-refractivity contribution < 1.29 is 0 Å². The molecule has 0 spiro atoms. The van der Waals surface area contributed by atoms with Gasteiger partial charge in [-0.1, -0.05) is 101 Å². The van der Waals surface area contributed by atoms with Gasteiger partial charge in [-0.05, 0) is 12.8 Å². The number of unbranched alkanes of at least 4 members (excludes halogenated alkanes) is 8. The van der Waals surface area contributed by atoms with Gasteiger partial charge in [-0.25, -0.2) is 0 Å². The highest BCUT2D eigenvalue weighted by atomic mass is 79.9. The lowest BCUT2D eigenvalue weighted by atomic mass is 10.0. The van der Waals surface area contributed by atoms with Gasteiger partial charge >= 0.3 is 0 Å². The van der Waals surface area contributed by atoms with Crippen LogP contribution in [0.3, 0.4) is 0 Å². The molecule has 0 bridgehead atoms. The zero-order valence-electron chi connectivity index (χ0n) is 11.4. The summed E-state index contributed by atoms with van der Waals surface area (Å²) in [7, 11) is 0. The Kier molecular flexibility index (Phi) is 19.2. The molecule has 0 aliphatic rings. The van der Waals surface area contributed by atoms with Crippen LogP contribution in [0.2, 0.25) is 0 Å². The Morgan fingerprint density at radius 3 is 1.47 bits per heavy atom. The van der Waals surface area contributed by atoms with Crippen LogP contribution in [-0.2, 0) is 0 Å². The molecule has 0 amide bonds. The molecule has 0 nitrogen and oxygen atoms in total. The van der Waals surface area contributed by atoms with Crippen LogP contribution in [0.5, 0.6) is 0 Å². The summed E-state index contributed by atoms with van der Waals surface area (Å²) < 4.78 is 0. The molecule has 0 aromatic carbocycles. The first kappa shape index (κ1) is 19.8. The van der Waals surface area contributed by atoms with Gasteiger partial charge in [0.1, 0.15) is 0 Å². The monoisotopic (exact) mass is 306 g/mol. The molecule has 0 aliphatic heterocycles. The summed E-state index contributed by atoms with van der Waals surface area (Å²) in [6.45, 7) is 4.56. The van der Waals surface area contributed by atoms with Crippen LogP contribution in [0, 0.1) is 0 Å². The second-order valence-corrected chi connectivity index (χ2v) is 6.30. The minimum atomic E-state index is 0.